The molecule has 0 radical (unpaired) electrons. The third-order valence-electron chi connectivity index (χ3n) is 3.77. The summed E-state index contributed by atoms with van der Waals surface area (Å²) in [6, 6.07) is 8.17. The molecule has 4 heteroatoms. The van der Waals surface area contributed by atoms with Gasteiger partial charge in [-0.15, -0.1) is 11.8 Å². The number of carbonyl (C=O) groups is 1. The molecule has 116 valence electrons. The summed E-state index contributed by atoms with van der Waals surface area (Å²) in [5.41, 5.74) is 2.32. The summed E-state index contributed by atoms with van der Waals surface area (Å²) in [5, 5.41) is 6.96. The number of anilines is 1. The molecule has 21 heavy (non-hydrogen) atoms. The highest BCUT2D eigenvalue weighted by atomic mass is 32.2. The SMILES string of the molecule is CC(C)(C)c1ccc(NC(=O)CSC2CCNCC2)cc1. The van der Waals surface area contributed by atoms with Crippen molar-refractivity contribution < 1.29 is 4.79 Å². The fourth-order valence-electron chi connectivity index (χ4n) is 2.41. The Bertz CT molecular complexity index is 459. The van der Waals surface area contributed by atoms with Crippen LogP contribution >= 0.6 is 11.8 Å². The van der Waals surface area contributed by atoms with E-state index in [0.717, 1.165) is 31.6 Å². The van der Waals surface area contributed by atoms with Gasteiger partial charge in [-0.05, 0) is 49.0 Å². The molecule has 0 saturated carbocycles. The van der Waals surface area contributed by atoms with E-state index in [-0.39, 0.29) is 11.3 Å². The molecule has 2 rings (SSSR count). The van der Waals surface area contributed by atoms with E-state index in [1.807, 2.05) is 12.1 Å². The number of hydrogen-bond acceptors (Lipinski definition) is 3. The molecular weight excluding hydrogens is 280 g/mol. The molecule has 1 fully saturated rings. The van der Waals surface area contributed by atoms with E-state index >= 15 is 0 Å². The molecule has 0 atom stereocenters. The van der Waals surface area contributed by atoms with E-state index in [4.69, 9.17) is 0 Å². The molecule has 0 unspecified atom stereocenters. The molecule has 1 aromatic rings. The van der Waals surface area contributed by atoms with Crippen LogP contribution < -0.4 is 10.6 Å². The second-order valence-electron chi connectivity index (χ2n) is 6.64. The van der Waals surface area contributed by atoms with E-state index < -0.39 is 0 Å². The number of hydrogen-bond donors (Lipinski definition) is 2. The van der Waals surface area contributed by atoms with Crippen molar-refractivity contribution in [1.82, 2.24) is 5.32 Å². The van der Waals surface area contributed by atoms with Crippen LogP contribution in [0.3, 0.4) is 0 Å². The number of nitrogens with one attached hydrogen (secondary N) is 2. The van der Waals surface area contributed by atoms with Gasteiger partial charge in [0, 0.05) is 10.9 Å². The van der Waals surface area contributed by atoms with Crippen LogP contribution in [0.2, 0.25) is 0 Å². The Morgan fingerprint density at radius 3 is 2.43 bits per heavy atom. The Balaban J connectivity index is 1.79. The maximum atomic E-state index is 12.0. The van der Waals surface area contributed by atoms with Gasteiger partial charge in [0.2, 0.25) is 5.91 Å². The largest absolute Gasteiger partial charge is 0.325 e. The van der Waals surface area contributed by atoms with Gasteiger partial charge in [0.15, 0.2) is 0 Å². The molecule has 1 aliphatic heterocycles. The Morgan fingerprint density at radius 2 is 1.86 bits per heavy atom. The fraction of sp³-hybridized carbons (Fsp3) is 0.588. The lowest BCUT2D eigenvalue weighted by molar-refractivity contribution is -0.113. The number of rotatable bonds is 4. The Hall–Kier alpha value is -1.00. The van der Waals surface area contributed by atoms with Crippen molar-refractivity contribution in [3.8, 4) is 0 Å². The lowest BCUT2D eigenvalue weighted by Crippen LogP contribution is -2.30. The van der Waals surface area contributed by atoms with E-state index in [2.05, 4.69) is 43.5 Å². The number of amides is 1. The van der Waals surface area contributed by atoms with Crippen LogP contribution in [0, 0.1) is 0 Å². The smallest absolute Gasteiger partial charge is 0.234 e. The van der Waals surface area contributed by atoms with Crippen LogP contribution in [-0.4, -0.2) is 30.0 Å². The van der Waals surface area contributed by atoms with Crippen LogP contribution in [0.25, 0.3) is 0 Å². The molecule has 0 aromatic heterocycles. The first kappa shape index (κ1) is 16.4. The molecule has 0 spiro atoms. The maximum absolute atomic E-state index is 12.0. The standard InChI is InChI=1S/C17H26N2OS/c1-17(2,3)13-4-6-14(7-5-13)19-16(20)12-21-15-8-10-18-11-9-15/h4-7,15,18H,8-12H2,1-3H3,(H,19,20). The number of thioether (sulfide) groups is 1. The van der Waals surface area contributed by atoms with Gasteiger partial charge in [-0.1, -0.05) is 32.9 Å². The Morgan fingerprint density at radius 1 is 1.24 bits per heavy atom. The van der Waals surface area contributed by atoms with E-state index in [1.165, 1.54) is 5.56 Å². The third-order valence-corrected chi connectivity index (χ3v) is 5.14. The summed E-state index contributed by atoms with van der Waals surface area (Å²) in [5.74, 6) is 0.646. The summed E-state index contributed by atoms with van der Waals surface area (Å²) < 4.78 is 0. The highest BCUT2D eigenvalue weighted by Crippen LogP contribution is 2.24. The van der Waals surface area contributed by atoms with Crippen molar-refractivity contribution in [3.05, 3.63) is 29.8 Å². The molecule has 1 amide bonds. The van der Waals surface area contributed by atoms with E-state index in [9.17, 15) is 4.79 Å². The maximum Gasteiger partial charge on any atom is 0.234 e. The molecule has 0 bridgehead atoms. The minimum Gasteiger partial charge on any atom is -0.325 e. The van der Waals surface area contributed by atoms with Crippen molar-refractivity contribution >= 4 is 23.4 Å². The average molecular weight is 306 g/mol. The predicted molar refractivity (Wildman–Crippen MR) is 92.1 cm³/mol. The van der Waals surface area contributed by atoms with Gasteiger partial charge in [0.1, 0.15) is 0 Å². The van der Waals surface area contributed by atoms with Gasteiger partial charge in [0.05, 0.1) is 5.75 Å². The molecule has 1 aliphatic rings. The van der Waals surface area contributed by atoms with Crippen molar-refractivity contribution in [2.24, 2.45) is 0 Å². The first-order valence-corrected chi connectivity index (χ1v) is 8.73. The summed E-state index contributed by atoms with van der Waals surface area (Å²) in [7, 11) is 0. The molecular formula is C17H26N2OS. The van der Waals surface area contributed by atoms with Crippen LogP contribution in [0.15, 0.2) is 24.3 Å². The zero-order valence-electron chi connectivity index (χ0n) is 13.2. The molecule has 0 aliphatic carbocycles. The van der Waals surface area contributed by atoms with E-state index in [1.54, 1.807) is 11.8 Å². The van der Waals surface area contributed by atoms with Crippen molar-refractivity contribution in [3.63, 3.8) is 0 Å². The minimum absolute atomic E-state index is 0.0991. The number of benzene rings is 1. The summed E-state index contributed by atoms with van der Waals surface area (Å²) in [6.45, 7) is 8.73. The third kappa shape index (κ3) is 5.36. The first-order chi connectivity index (χ1) is 9.95. The van der Waals surface area contributed by atoms with Crippen LogP contribution in [0.1, 0.15) is 39.2 Å². The molecule has 2 N–H and O–H groups in total. The van der Waals surface area contributed by atoms with Gasteiger partial charge in [-0.3, -0.25) is 4.79 Å². The second-order valence-corrected chi connectivity index (χ2v) is 7.92. The van der Waals surface area contributed by atoms with E-state index in [0.29, 0.717) is 11.0 Å². The lowest BCUT2D eigenvalue weighted by atomic mass is 9.87. The van der Waals surface area contributed by atoms with Crippen molar-refractivity contribution in [2.75, 3.05) is 24.2 Å². The lowest BCUT2D eigenvalue weighted by Gasteiger charge is -2.22. The highest BCUT2D eigenvalue weighted by molar-refractivity contribution is 8.00. The number of piperidine rings is 1. The number of carbonyl (C=O) groups excluding carboxylic acids is 1. The monoisotopic (exact) mass is 306 g/mol. The minimum atomic E-state index is 0.0991. The zero-order chi connectivity index (χ0) is 15.3. The van der Waals surface area contributed by atoms with Crippen molar-refractivity contribution in [2.45, 2.75) is 44.3 Å². The van der Waals surface area contributed by atoms with Gasteiger partial charge < -0.3 is 10.6 Å². The molecule has 1 aromatic carbocycles. The Labute approximate surface area is 132 Å². The van der Waals surface area contributed by atoms with Gasteiger partial charge in [-0.25, -0.2) is 0 Å². The first-order valence-electron chi connectivity index (χ1n) is 7.68. The zero-order valence-corrected chi connectivity index (χ0v) is 14.1. The second kappa shape index (κ2) is 7.32. The highest BCUT2D eigenvalue weighted by Gasteiger charge is 2.16. The average Bonchev–Trinajstić information content (AvgIpc) is 2.46. The van der Waals surface area contributed by atoms with Gasteiger partial charge in [-0.2, -0.15) is 0 Å². The van der Waals surface area contributed by atoms with Gasteiger partial charge >= 0.3 is 0 Å². The normalized spacial score (nSPS) is 16.7. The molecule has 3 nitrogen and oxygen atoms in total. The summed E-state index contributed by atoms with van der Waals surface area (Å²) in [6.07, 6.45) is 2.33. The molecule has 1 heterocycles. The van der Waals surface area contributed by atoms with Crippen LogP contribution in [-0.2, 0) is 10.2 Å². The quantitative estimate of drug-likeness (QED) is 0.895. The summed E-state index contributed by atoms with van der Waals surface area (Å²) in [4.78, 5) is 12.0. The topological polar surface area (TPSA) is 41.1 Å². The van der Waals surface area contributed by atoms with Gasteiger partial charge in [0.25, 0.3) is 0 Å². The van der Waals surface area contributed by atoms with Crippen LogP contribution in [0.5, 0.6) is 0 Å². The predicted octanol–water partition coefficient (Wildman–Crippen LogP) is 3.41. The molecule has 1 saturated heterocycles. The van der Waals surface area contributed by atoms with Crippen LogP contribution in [0.4, 0.5) is 5.69 Å². The van der Waals surface area contributed by atoms with Crippen molar-refractivity contribution in [1.29, 1.82) is 0 Å². The summed E-state index contributed by atoms with van der Waals surface area (Å²) >= 11 is 1.78. The fourth-order valence-corrected chi connectivity index (χ4v) is 3.43. The Kier molecular flexibility index (Phi) is 5.71.